The zero-order chi connectivity index (χ0) is 11.6. The number of carboxylic acids is 1. The van der Waals surface area contributed by atoms with Gasteiger partial charge in [-0.3, -0.25) is 0 Å². The Morgan fingerprint density at radius 3 is 2.40 bits per heavy atom. The third-order valence-electron chi connectivity index (χ3n) is 1.77. The number of aliphatic carboxylic acids is 1. The molecule has 0 aliphatic heterocycles. The highest BCUT2D eigenvalue weighted by atomic mass is 19.2. The van der Waals surface area contributed by atoms with Crippen molar-refractivity contribution in [2.45, 2.75) is 6.92 Å². The summed E-state index contributed by atoms with van der Waals surface area (Å²) in [6, 6.07) is 1.71. The Labute approximate surface area is 83.7 Å². The third kappa shape index (κ3) is 2.37. The fraction of sp³-hybridized carbons (Fsp3) is 0.100. The van der Waals surface area contributed by atoms with Crippen LogP contribution < -0.4 is 0 Å². The van der Waals surface area contributed by atoms with Crippen molar-refractivity contribution in [2.24, 2.45) is 0 Å². The van der Waals surface area contributed by atoms with Crippen molar-refractivity contribution in [3.05, 3.63) is 40.7 Å². The summed E-state index contributed by atoms with van der Waals surface area (Å²) < 4.78 is 38.3. The summed E-state index contributed by atoms with van der Waals surface area (Å²) in [5.74, 6) is -5.56. The minimum absolute atomic E-state index is 0.167. The summed E-state index contributed by atoms with van der Waals surface area (Å²) >= 11 is 0. The van der Waals surface area contributed by atoms with Crippen molar-refractivity contribution in [1.29, 1.82) is 0 Å². The van der Waals surface area contributed by atoms with E-state index in [4.69, 9.17) is 5.11 Å². The van der Waals surface area contributed by atoms with Crippen LogP contribution in [0.1, 0.15) is 12.5 Å². The first-order chi connectivity index (χ1) is 6.93. The predicted octanol–water partition coefficient (Wildman–Crippen LogP) is 2.59. The Bertz CT molecular complexity index is 439. The molecule has 15 heavy (non-hydrogen) atoms. The molecule has 0 aliphatic carbocycles. The lowest BCUT2D eigenvalue weighted by atomic mass is 10.1. The molecule has 1 rings (SSSR count). The van der Waals surface area contributed by atoms with Crippen molar-refractivity contribution in [3.8, 4) is 0 Å². The van der Waals surface area contributed by atoms with Crippen molar-refractivity contribution >= 4 is 12.0 Å². The Morgan fingerprint density at radius 1 is 1.27 bits per heavy atom. The van der Waals surface area contributed by atoms with Gasteiger partial charge in [0.25, 0.3) is 0 Å². The molecule has 1 aromatic rings. The summed E-state index contributed by atoms with van der Waals surface area (Å²) in [5.41, 5.74) is -0.464. The number of carboxylic acid groups (broad SMARTS) is 1. The lowest BCUT2D eigenvalue weighted by Gasteiger charge is -2.00. The lowest BCUT2D eigenvalue weighted by Crippen LogP contribution is -1.98. The molecule has 0 amide bonds. The van der Waals surface area contributed by atoms with Crippen LogP contribution in [0.15, 0.2) is 17.7 Å². The van der Waals surface area contributed by atoms with Crippen LogP contribution >= 0.6 is 0 Å². The number of rotatable bonds is 2. The maximum absolute atomic E-state index is 13.0. The van der Waals surface area contributed by atoms with Crippen molar-refractivity contribution in [1.82, 2.24) is 0 Å². The van der Waals surface area contributed by atoms with Gasteiger partial charge in [0, 0.05) is 11.1 Å². The standard InChI is InChI=1S/C10H7F3O2/c1-5(10(14)15)4-6-2-3-7(11)9(13)8(6)12/h2-4H,1H3,(H,14,15)/b5-4+. The van der Waals surface area contributed by atoms with E-state index in [-0.39, 0.29) is 11.1 Å². The molecule has 0 radical (unpaired) electrons. The Kier molecular flexibility index (Phi) is 3.14. The first-order valence-electron chi connectivity index (χ1n) is 3.98. The van der Waals surface area contributed by atoms with Crippen LogP contribution in [0.3, 0.4) is 0 Å². The van der Waals surface area contributed by atoms with Gasteiger partial charge < -0.3 is 5.11 Å². The summed E-state index contributed by atoms with van der Waals surface area (Å²) in [5, 5.41) is 8.50. The van der Waals surface area contributed by atoms with Gasteiger partial charge in [0.15, 0.2) is 17.5 Å². The van der Waals surface area contributed by atoms with E-state index in [1.165, 1.54) is 6.92 Å². The molecule has 0 aliphatic rings. The minimum atomic E-state index is -1.61. The smallest absolute Gasteiger partial charge is 0.331 e. The molecule has 0 fully saturated rings. The zero-order valence-corrected chi connectivity index (χ0v) is 7.72. The molecule has 0 heterocycles. The largest absolute Gasteiger partial charge is 0.478 e. The average molecular weight is 216 g/mol. The fourth-order valence-corrected chi connectivity index (χ4v) is 0.947. The lowest BCUT2D eigenvalue weighted by molar-refractivity contribution is -0.132. The van der Waals surface area contributed by atoms with Crippen LogP contribution in [0.4, 0.5) is 13.2 Å². The highest BCUT2D eigenvalue weighted by Gasteiger charge is 2.12. The van der Waals surface area contributed by atoms with Crippen molar-refractivity contribution < 1.29 is 23.1 Å². The van der Waals surface area contributed by atoms with E-state index in [1.54, 1.807) is 0 Å². The number of hydrogen-bond donors (Lipinski definition) is 1. The molecule has 80 valence electrons. The average Bonchev–Trinajstić information content (AvgIpc) is 2.18. The highest BCUT2D eigenvalue weighted by Crippen LogP contribution is 2.17. The maximum Gasteiger partial charge on any atom is 0.331 e. The maximum atomic E-state index is 13.0. The van der Waals surface area contributed by atoms with E-state index in [0.717, 1.165) is 18.2 Å². The van der Waals surface area contributed by atoms with Gasteiger partial charge >= 0.3 is 5.97 Å². The number of hydrogen-bond acceptors (Lipinski definition) is 1. The summed E-state index contributed by atoms with van der Waals surface area (Å²) in [6.45, 7) is 1.23. The minimum Gasteiger partial charge on any atom is -0.478 e. The normalized spacial score (nSPS) is 11.6. The van der Waals surface area contributed by atoms with Gasteiger partial charge in [-0.15, -0.1) is 0 Å². The van der Waals surface area contributed by atoms with Crippen LogP contribution in [0.25, 0.3) is 6.08 Å². The highest BCUT2D eigenvalue weighted by molar-refractivity contribution is 5.91. The van der Waals surface area contributed by atoms with E-state index in [2.05, 4.69) is 0 Å². The van der Waals surface area contributed by atoms with Gasteiger partial charge in [-0.2, -0.15) is 0 Å². The number of halogens is 3. The predicted molar refractivity (Wildman–Crippen MR) is 47.6 cm³/mol. The second-order valence-corrected chi connectivity index (χ2v) is 2.90. The molecule has 0 saturated carbocycles. The molecule has 5 heteroatoms. The van der Waals surface area contributed by atoms with Crippen molar-refractivity contribution in [3.63, 3.8) is 0 Å². The Morgan fingerprint density at radius 2 is 1.87 bits per heavy atom. The molecule has 1 N–H and O–H groups in total. The SMILES string of the molecule is C/C(=C\c1ccc(F)c(F)c1F)C(=O)O. The van der Waals surface area contributed by atoms with E-state index in [1.807, 2.05) is 0 Å². The molecular weight excluding hydrogens is 209 g/mol. The summed E-state index contributed by atoms with van der Waals surface area (Å²) in [6.07, 6.45) is 0.931. The third-order valence-corrected chi connectivity index (χ3v) is 1.77. The number of carbonyl (C=O) groups is 1. The second kappa shape index (κ2) is 4.16. The van der Waals surface area contributed by atoms with Gasteiger partial charge in [-0.1, -0.05) is 0 Å². The summed E-state index contributed by atoms with van der Waals surface area (Å²) in [7, 11) is 0. The molecule has 0 bridgehead atoms. The molecule has 1 aromatic carbocycles. The molecule has 0 spiro atoms. The molecule has 2 nitrogen and oxygen atoms in total. The summed E-state index contributed by atoms with van der Waals surface area (Å²) in [4.78, 5) is 10.4. The van der Waals surface area contributed by atoms with E-state index in [0.29, 0.717) is 0 Å². The quantitative estimate of drug-likeness (QED) is 0.609. The van der Waals surface area contributed by atoms with Gasteiger partial charge in [0.2, 0.25) is 0 Å². The van der Waals surface area contributed by atoms with Crippen molar-refractivity contribution in [2.75, 3.05) is 0 Å². The fourth-order valence-electron chi connectivity index (χ4n) is 0.947. The monoisotopic (exact) mass is 216 g/mol. The molecular formula is C10H7F3O2. The molecule has 0 unspecified atom stereocenters. The van der Waals surface area contributed by atoms with Crippen LogP contribution in [-0.4, -0.2) is 11.1 Å². The van der Waals surface area contributed by atoms with Gasteiger partial charge in [-0.05, 0) is 25.1 Å². The topological polar surface area (TPSA) is 37.3 Å². The molecule has 0 atom stereocenters. The van der Waals surface area contributed by atoms with Crippen LogP contribution in [0.5, 0.6) is 0 Å². The van der Waals surface area contributed by atoms with Crippen LogP contribution in [0.2, 0.25) is 0 Å². The Balaban J connectivity index is 3.23. The van der Waals surface area contributed by atoms with E-state index >= 15 is 0 Å². The van der Waals surface area contributed by atoms with Crippen LogP contribution in [0, 0.1) is 17.5 Å². The van der Waals surface area contributed by atoms with Gasteiger partial charge in [0.1, 0.15) is 0 Å². The van der Waals surface area contributed by atoms with Gasteiger partial charge in [-0.25, -0.2) is 18.0 Å². The molecule has 0 aromatic heterocycles. The Hall–Kier alpha value is -1.78. The zero-order valence-electron chi connectivity index (χ0n) is 7.72. The van der Waals surface area contributed by atoms with E-state index in [9.17, 15) is 18.0 Å². The molecule has 0 saturated heterocycles. The first kappa shape index (κ1) is 11.3. The van der Waals surface area contributed by atoms with Crippen LogP contribution in [-0.2, 0) is 4.79 Å². The van der Waals surface area contributed by atoms with Gasteiger partial charge in [0.05, 0.1) is 0 Å². The number of benzene rings is 1. The van der Waals surface area contributed by atoms with E-state index < -0.39 is 23.4 Å². The second-order valence-electron chi connectivity index (χ2n) is 2.90. The first-order valence-corrected chi connectivity index (χ1v) is 3.98.